The van der Waals surface area contributed by atoms with Gasteiger partial charge in [-0.15, -0.1) is 0 Å². The molecule has 0 aromatic heterocycles. The molecule has 0 fully saturated rings. The van der Waals surface area contributed by atoms with E-state index >= 15 is 0 Å². The third kappa shape index (κ3) is 4.45. The van der Waals surface area contributed by atoms with Crippen molar-refractivity contribution in [2.24, 2.45) is 0 Å². The normalized spacial score (nSPS) is 10.4. The SMILES string of the molecule is CC(=O)NCCC=Cc1ccccc1. The van der Waals surface area contributed by atoms with Gasteiger partial charge in [0.05, 0.1) is 0 Å². The number of hydrogen-bond acceptors (Lipinski definition) is 1. The standard InChI is InChI=1S/C12H15NO/c1-11(14)13-10-6-5-9-12-7-3-2-4-8-12/h2-5,7-9H,6,10H2,1H3,(H,13,14). The number of amides is 1. The van der Waals surface area contributed by atoms with Gasteiger partial charge in [-0.25, -0.2) is 0 Å². The summed E-state index contributed by atoms with van der Waals surface area (Å²) < 4.78 is 0. The van der Waals surface area contributed by atoms with Crippen LogP contribution in [0, 0.1) is 0 Å². The molecule has 0 saturated heterocycles. The van der Waals surface area contributed by atoms with Gasteiger partial charge < -0.3 is 5.32 Å². The molecule has 0 aliphatic carbocycles. The van der Waals surface area contributed by atoms with Crippen LogP contribution in [0.15, 0.2) is 36.4 Å². The Morgan fingerprint density at radius 3 is 2.71 bits per heavy atom. The van der Waals surface area contributed by atoms with Crippen LogP contribution in [0.1, 0.15) is 18.9 Å². The highest BCUT2D eigenvalue weighted by Crippen LogP contribution is 2.01. The molecular weight excluding hydrogens is 174 g/mol. The minimum Gasteiger partial charge on any atom is -0.356 e. The lowest BCUT2D eigenvalue weighted by molar-refractivity contribution is -0.118. The second kappa shape index (κ2) is 5.97. The van der Waals surface area contributed by atoms with Gasteiger partial charge in [-0.1, -0.05) is 42.5 Å². The molecule has 1 amide bonds. The van der Waals surface area contributed by atoms with E-state index in [1.165, 1.54) is 12.5 Å². The first-order valence-corrected chi connectivity index (χ1v) is 4.75. The van der Waals surface area contributed by atoms with E-state index in [-0.39, 0.29) is 5.91 Å². The Labute approximate surface area is 84.6 Å². The van der Waals surface area contributed by atoms with E-state index in [1.807, 2.05) is 18.2 Å². The number of rotatable bonds is 4. The maximum Gasteiger partial charge on any atom is 0.216 e. The van der Waals surface area contributed by atoms with Crippen molar-refractivity contribution in [3.05, 3.63) is 42.0 Å². The van der Waals surface area contributed by atoms with Crippen LogP contribution in [0.2, 0.25) is 0 Å². The van der Waals surface area contributed by atoms with Gasteiger partial charge in [0.2, 0.25) is 5.91 Å². The lowest BCUT2D eigenvalue weighted by atomic mass is 10.2. The summed E-state index contributed by atoms with van der Waals surface area (Å²) in [6.07, 6.45) is 4.99. The van der Waals surface area contributed by atoms with E-state index in [0.29, 0.717) is 6.54 Å². The van der Waals surface area contributed by atoms with Crippen LogP contribution >= 0.6 is 0 Å². The van der Waals surface area contributed by atoms with Crippen molar-refractivity contribution in [1.29, 1.82) is 0 Å². The van der Waals surface area contributed by atoms with Gasteiger partial charge in [0.25, 0.3) is 0 Å². The molecule has 0 aliphatic rings. The average molecular weight is 189 g/mol. The van der Waals surface area contributed by atoms with E-state index in [4.69, 9.17) is 0 Å². The molecule has 0 radical (unpaired) electrons. The van der Waals surface area contributed by atoms with Crippen molar-refractivity contribution in [1.82, 2.24) is 5.32 Å². The zero-order valence-electron chi connectivity index (χ0n) is 8.36. The third-order valence-corrected chi connectivity index (χ3v) is 1.79. The highest BCUT2D eigenvalue weighted by molar-refractivity contribution is 5.72. The predicted molar refractivity (Wildman–Crippen MR) is 58.8 cm³/mol. The first-order chi connectivity index (χ1) is 6.79. The van der Waals surface area contributed by atoms with Crippen LogP contribution in [-0.4, -0.2) is 12.5 Å². The quantitative estimate of drug-likeness (QED) is 0.723. The summed E-state index contributed by atoms with van der Waals surface area (Å²) in [5.41, 5.74) is 1.19. The molecule has 0 spiro atoms. The van der Waals surface area contributed by atoms with Crippen molar-refractivity contribution < 1.29 is 4.79 Å². The fourth-order valence-corrected chi connectivity index (χ4v) is 1.12. The van der Waals surface area contributed by atoms with Crippen LogP contribution in [-0.2, 0) is 4.79 Å². The zero-order valence-corrected chi connectivity index (χ0v) is 8.36. The molecule has 14 heavy (non-hydrogen) atoms. The van der Waals surface area contributed by atoms with Crippen LogP contribution in [0.3, 0.4) is 0 Å². The van der Waals surface area contributed by atoms with Crippen molar-refractivity contribution in [3.8, 4) is 0 Å². The van der Waals surface area contributed by atoms with Crippen molar-refractivity contribution in [3.63, 3.8) is 0 Å². The summed E-state index contributed by atoms with van der Waals surface area (Å²) in [6, 6.07) is 10.1. The molecule has 1 aromatic rings. The summed E-state index contributed by atoms with van der Waals surface area (Å²) in [7, 11) is 0. The topological polar surface area (TPSA) is 29.1 Å². The molecule has 0 heterocycles. The molecular formula is C12H15NO. The lowest BCUT2D eigenvalue weighted by Gasteiger charge is -1.96. The molecule has 1 aromatic carbocycles. The maximum absolute atomic E-state index is 10.5. The van der Waals surface area contributed by atoms with Gasteiger partial charge in [-0.2, -0.15) is 0 Å². The zero-order chi connectivity index (χ0) is 10.2. The monoisotopic (exact) mass is 189 g/mol. The van der Waals surface area contributed by atoms with Gasteiger partial charge in [-0.3, -0.25) is 4.79 Å². The molecule has 2 nitrogen and oxygen atoms in total. The number of carbonyl (C=O) groups is 1. The summed E-state index contributed by atoms with van der Waals surface area (Å²) in [5.74, 6) is 0.0260. The second-order valence-corrected chi connectivity index (χ2v) is 3.08. The molecule has 1 N–H and O–H groups in total. The molecule has 0 aliphatic heterocycles. The number of hydrogen-bond donors (Lipinski definition) is 1. The van der Waals surface area contributed by atoms with E-state index < -0.39 is 0 Å². The van der Waals surface area contributed by atoms with Gasteiger partial charge in [0.15, 0.2) is 0 Å². The van der Waals surface area contributed by atoms with E-state index in [0.717, 1.165) is 6.42 Å². The lowest BCUT2D eigenvalue weighted by Crippen LogP contribution is -2.20. The summed E-state index contributed by atoms with van der Waals surface area (Å²) in [4.78, 5) is 10.5. The first-order valence-electron chi connectivity index (χ1n) is 4.75. The number of nitrogens with one attached hydrogen (secondary N) is 1. The molecule has 0 bridgehead atoms. The largest absolute Gasteiger partial charge is 0.356 e. The molecule has 0 saturated carbocycles. The van der Waals surface area contributed by atoms with Crippen LogP contribution in [0.4, 0.5) is 0 Å². The molecule has 2 heteroatoms. The Bertz CT molecular complexity index is 303. The Morgan fingerprint density at radius 1 is 1.36 bits per heavy atom. The van der Waals surface area contributed by atoms with Crippen molar-refractivity contribution >= 4 is 12.0 Å². The minimum atomic E-state index is 0.0260. The fourth-order valence-electron chi connectivity index (χ4n) is 1.12. The van der Waals surface area contributed by atoms with E-state index in [2.05, 4.69) is 29.6 Å². The summed E-state index contributed by atoms with van der Waals surface area (Å²) in [5, 5.41) is 2.74. The van der Waals surface area contributed by atoms with E-state index in [9.17, 15) is 4.79 Å². The highest BCUT2D eigenvalue weighted by atomic mass is 16.1. The first kappa shape index (κ1) is 10.5. The Morgan fingerprint density at radius 2 is 2.07 bits per heavy atom. The maximum atomic E-state index is 10.5. The van der Waals surface area contributed by atoms with Gasteiger partial charge in [0, 0.05) is 13.5 Å². The molecule has 74 valence electrons. The predicted octanol–water partition coefficient (Wildman–Crippen LogP) is 2.23. The average Bonchev–Trinajstić information content (AvgIpc) is 2.18. The van der Waals surface area contributed by atoms with Gasteiger partial charge in [0.1, 0.15) is 0 Å². The van der Waals surface area contributed by atoms with E-state index in [1.54, 1.807) is 0 Å². The Hall–Kier alpha value is -1.57. The van der Waals surface area contributed by atoms with Crippen LogP contribution in [0.5, 0.6) is 0 Å². The number of benzene rings is 1. The third-order valence-electron chi connectivity index (χ3n) is 1.79. The number of carbonyl (C=O) groups excluding carboxylic acids is 1. The fraction of sp³-hybridized carbons (Fsp3) is 0.250. The van der Waals surface area contributed by atoms with Crippen LogP contribution < -0.4 is 5.32 Å². The molecule has 0 unspecified atom stereocenters. The Balaban J connectivity index is 2.25. The van der Waals surface area contributed by atoms with Gasteiger partial charge >= 0.3 is 0 Å². The van der Waals surface area contributed by atoms with Gasteiger partial charge in [-0.05, 0) is 12.0 Å². The summed E-state index contributed by atoms with van der Waals surface area (Å²) >= 11 is 0. The minimum absolute atomic E-state index is 0.0260. The smallest absolute Gasteiger partial charge is 0.216 e. The Kier molecular flexibility index (Phi) is 4.48. The summed E-state index contributed by atoms with van der Waals surface area (Å²) in [6.45, 7) is 2.24. The van der Waals surface area contributed by atoms with Crippen molar-refractivity contribution in [2.75, 3.05) is 6.54 Å². The highest BCUT2D eigenvalue weighted by Gasteiger charge is 1.87. The molecule has 1 rings (SSSR count). The van der Waals surface area contributed by atoms with Crippen LogP contribution in [0.25, 0.3) is 6.08 Å². The van der Waals surface area contributed by atoms with Crippen molar-refractivity contribution in [2.45, 2.75) is 13.3 Å². The second-order valence-electron chi connectivity index (χ2n) is 3.08. The molecule has 0 atom stereocenters.